The molecule has 168 valence electrons. The van der Waals surface area contributed by atoms with Gasteiger partial charge in [-0.05, 0) is 49.7 Å². The van der Waals surface area contributed by atoms with Crippen LogP contribution in [0.3, 0.4) is 0 Å². The van der Waals surface area contributed by atoms with Crippen LogP contribution in [0.5, 0.6) is 0 Å². The third kappa shape index (κ3) is 4.08. The summed E-state index contributed by atoms with van der Waals surface area (Å²) in [6, 6.07) is 14.6. The van der Waals surface area contributed by atoms with Gasteiger partial charge < -0.3 is 15.2 Å². The second-order valence-electron chi connectivity index (χ2n) is 8.62. The Morgan fingerprint density at radius 2 is 1.72 bits per heavy atom. The zero-order valence-electron chi connectivity index (χ0n) is 18.0. The number of H-pyrrole nitrogens is 1. The number of carbonyl (C=O) groups excluding carboxylic acids is 1. The Labute approximate surface area is 192 Å². The van der Waals surface area contributed by atoms with E-state index in [-0.39, 0.29) is 11.6 Å². The Kier molecular flexibility index (Phi) is 6.04. The number of nitrogens with one attached hydrogen (secondary N) is 2. The number of nitrogens with zero attached hydrogens (tertiary/aromatic N) is 3. The number of aromatic amines is 1. The van der Waals surface area contributed by atoms with Crippen LogP contribution in [-0.4, -0.2) is 70.6 Å². The number of rotatable bonds is 4. The third-order valence-corrected chi connectivity index (χ3v) is 6.97. The van der Waals surface area contributed by atoms with E-state index >= 15 is 0 Å². The van der Waals surface area contributed by atoms with Gasteiger partial charge in [-0.15, -0.1) is 0 Å². The molecule has 0 radical (unpaired) electrons. The molecule has 7 nitrogen and oxygen atoms in total. The van der Waals surface area contributed by atoms with E-state index in [9.17, 15) is 9.59 Å². The Morgan fingerprint density at radius 1 is 1.00 bits per heavy atom. The van der Waals surface area contributed by atoms with Crippen LogP contribution in [0.2, 0.25) is 5.02 Å². The van der Waals surface area contributed by atoms with Gasteiger partial charge in [0.05, 0.1) is 11.0 Å². The smallest absolute Gasteiger partial charge is 0.327 e. The summed E-state index contributed by atoms with van der Waals surface area (Å²) in [6.07, 6.45) is 2.32. The number of fused-ring (bicyclic) bond motifs is 1. The highest BCUT2D eigenvalue weighted by atomic mass is 35.5. The normalized spacial score (nSPS) is 19.3. The summed E-state index contributed by atoms with van der Waals surface area (Å²) in [4.78, 5) is 34.1. The van der Waals surface area contributed by atoms with E-state index in [0.717, 1.165) is 44.6 Å². The molecule has 8 heteroatoms. The van der Waals surface area contributed by atoms with Crippen molar-refractivity contribution in [3.63, 3.8) is 0 Å². The molecule has 2 aliphatic heterocycles. The fourth-order valence-corrected chi connectivity index (χ4v) is 5.21. The van der Waals surface area contributed by atoms with Gasteiger partial charge in [0.15, 0.2) is 0 Å². The number of hydrogen-bond donors (Lipinski definition) is 2. The summed E-state index contributed by atoms with van der Waals surface area (Å²) >= 11 is 6.23. The second-order valence-corrected chi connectivity index (χ2v) is 9.05. The predicted molar refractivity (Wildman–Crippen MR) is 126 cm³/mol. The van der Waals surface area contributed by atoms with Gasteiger partial charge in [0.2, 0.25) is 0 Å². The van der Waals surface area contributed by atoms with Gasteiger partial charge in [-0.2, -0.15) is 0 Å². The number of carbonyl (C=O) groups is 1. The Morgan fingerprint density at radius 3 is 2.44 bits per heavy atom. The first-order valence-electron chi connectivity index (χ1n) is 11.3. The first-order chi connectivity index (χ1) is 15.6. The van der Waals surface area contributed by atoms with Crippen molar-refractivity contribution >= 4 is 28.5 Å². The molecule has 3 aromatic rings. The maximum absolute atomic E-state index is 13.9. The van der Waals surface area contributed by atoms with Crippen molar-refractivity contribution in [3.8, 4) is 0 Å². The summed E-state index contributed by atoms with van der Waals surface area (Å²) in [5.74, 6) is -0.0517. The highest BCUT2D eigenvalue weighted by molar-refractivity contribution is 6.31. The maximum atomic E-state index is 13.9. The molecule has 0 aliphatic carbocycles. The fourth-order valence-electron chi connectivity index (χ4n) is 5.04. The molecule has 32 heavy (non-hydrogen) atoms. The predicted octanol–water partition coefficient (Wildman–Crippen LogP) is 2.47. The van der Waals surface area contributed by atoms with Crippen molar-refractivity contribution in [1.82, 2.24) is 24.7 Å². The Balaban J connectivity index is 1.45. The van der Waals surface area contributed by atoms with Crippen molar-refractivity contribution in [2.24, 2.45) is 0 Å². The molecule has 1 aromatic heterocycles. The molecule has 3 heterocycles. The van der Waals surface area contributed by atoms with Gasteiger partial charge in [-0.1, -0.05) is 41.9 Å². The number of piperidine rings is 1. The number of aromatic nitrogens is 2. The van der Waals surface area contributed by atoms with Crippen LogP contribution in [0.1, 0.15) is 24.4 Å². The van der Waals surface area contributed by atoms with E-state index in [4.69, 9.17) is 11.6 Å². The molecule has 2 aromatic carbocycles. The van der Waals surface area contributed by atoms with Crippen molar-refractivity contribution in [1.29, 1.82) is 0 Å². The Bertz CT molecular complexity index is 1140. The molecular formula is C24H28ClN5O2. The lowest BCUT2D eigenvalue weighted by Crippen LogP contribution is -2.55. The summed E-state index contributed by atoms with van der Waals surface area (Å²) in [7, 11) is 0. The minimum Gasteiger partial charge on any atom is -0.338 e. The number of piperazine rings is 1. The lowest BCUT2D eigenvalue weighted by molar-refractivity contribution is -0.135. The molecule has 0 spiro atoms. The van der Waals surface area contributed by atoms with Gasteiger partial charge in [-0.25, -0.2) is 4.79 Å². The third-order valence-electron chi connectivity index (χ3n) is 6.74. The van der Waals surface area contributed by atoms with Crippen molar-refractivity contribution in [2.45, 2.75) is 24.9 Å². The second kappa shape index (κ2) is 9.10. The molecule has 5 rings (SSSR count). The lowest BCUT2D eigenvalue weighted by Gasteiger charge is -2.41. The van der Waals surface area contributed by atoms with Crippen molar-refractivity contribution < 1.29 is 4.79 Å². The van der Waals surface area contributed by atoms with Crippen LogP contribution >= 0.6 is 11.6 Å². The zero-order valence-corrected chi connectivity index (χ0v) is 18.7. The number of halogens is 1. The van der Waals surface area contributed by atoms with Gasteiger partial charge in [0.25, 0.3) is 5.91 Å². The van der Waals surface area contributed by atoms with Crippen molar-refractivity contribution in [3.05, 3.63) is 69.6 Å². The van der Waals surface area contributed by atoms with Crippen LogP contribution in [-0.2, 0) is 4.79 Å². The van der Waals surface area contributed by atoms with E-state index in [1.807, 2.05) is 35.2 Å². The molecule has 2 fully saturated rings. The molecule has 2 saturated heterocycles. The van der Waals surface area contributed by atoms with Crippen molar-refractivity contribution in [2.75, 3.05) is 39.3 Å². The van der Waals surface area contributed by atoms with Crippen LogP contribution in [0.15, 0.2) is 53.3 Å². The molecular weight excluding hydrogens is 426 g/mol. The topological polar surface area (TPSA) is 73.4 Å². The largest absolute Gasteiger partial charge is 0.338 e. The molecule has 1 atom stereocenters. The first-order valence-corrected chi connectivity index (χ1v) is 11.7. The number of benzene rings is 2. The van der Waals surface area contributed by atoms with E-state index in [2.05, 4.69) is 15.2 Å². The van der Waals surface area contributed by atoms with Gasteiger partial charge in [0.1, 0.15) is 6.04 Å². The number of amides is 1. The lowest BCUT2D eigenvalue weighted by atomic mass is 10.0. The van der Waals surface area contributed by atoms with Crippen LogP contribution in [0.25, 0.3) is 11.0 Å². The highest BCUT2D eigenvalue weighted by Gasteiger charge is 2.33. The van der Waals surface area contributed by atoms with E-state index < -0.39 is 6.04 Å². The summed E-state index contributed by atoms with van der Waals surface area (Å²) in [5.41, 5.74) is 1.79. The molecule has 2 aliphatic rings. The van der Waals surface area contributed by atoms with Crippen LogP contribution in [0.4, 0.5) is 0 Å². The number of imidazole rings is 1. The minimum absolute atomic E-state index is 0.0517. The molecule has 1 unspecified atom stereocenters. The maximum Gasteiger partial charge on any atom is 0.327 e. The van der Waals surface area contributed by atoms with E-state index in [1.54, 1.807) is 22.8 Å². The molecule has 0 bridgehead atoms. The molecule has 2 N–H and O–H groups in total. The highest BCUT2D eigenvalue weighted by Crippen LogP contribution is 2.26. The van der Waals surface area contributed by atoms with E-state index in [1.165, 1.54) is 0 Å². The van der Waals surface area contributed by atoms with E-state index in [0.29, 0.717) is 35.2 Å². The van der Waals surface area contributed by atoms with Gasteiger partial charge in [-0.3, -0.25) is 14.3 Å². The average molecular weight is 454 g/mol. The average Bonchev–Trinajstić information content (AvgIpc) is 3.15. The van der Waals surface area contributed by atoms with Crippen LogP contribution < -0.4 is 11.0 Å². The zero-order chi connectivity index (χ0) is 22.1. The summed E-state index contributed by atoms with van der Waals surface area (Å²) in [5, 5.41) is 3.95. The quantitative estimate of drug-likeness (QED) is 0.636. The Hall–Kier alpha value is -2.61. The number of hydrogen-bond acceptors (Lipinski definition) is 4. The monoisotopic (exact) mass is 453 g/mol. The van der Waals surface area contributed by atoms with Crippen LogP contribution in [0, 0.1) is 0 Å². The standard InChI is InChI=1S/C24H28ClN5O2/c25-18-6-7-20-21(16-18)30(24(32)27-20)22(17-4-2-1-3-5-17)23(31)29-14-12-28(13-15-29)19-8-10-26-11-9-19/h1-7,16,19,22,26H,8-15H2,(H,27,32). The molecule has 0 saturated carbocycles. The summed E-state index contributed by atoms with van der Waals surface area (Å²) in [6.45, 7) is 5.20. The van der Waals surface area contributed by atoms with Gasteiger partial charge in [0, 0.05) is 37.2 Å². The van der Waals surface area contributed by atoms with Gasteiger partial charge >= 0.3 is 5.69 Å². The fraction of sp³-hybridized carbons (Fsp3) is 0.417. The SMILES string of the molecule is O=C(C(c1ccccc1)n1c(=O)[nH]c2ccc(Cl)cc21)N1CCN(C2CCNCC2)CC1. The first kappa shape index (κ1) is 21.2. The summed E-state index contributed by atoms with van der Waals surface area (Å²) < 4.78 is 1.55. The molecule has 1 amide bonds. The minimum atomic E-state index is -0.735.